The highest BCUT2D eigenvalue weighted by Gasteiger charge is 2.45. The van der Waals surface area contributed by atoms with Crippen molar-refractivity contribution in [2.24, 2.45) is 5.92 Å². The van der Waals surface area contributed by atoms with Crippen LogP contribution in [0.5, 0.6) is 11.5 Å². The lowest BCUT2D eigenvalue weighted by atomic mass is 9.68. The van der Waals surface area contributed by atoms with E-state index in [9.17, 15) is 0 Å². The molecule has 27 heavy (non-hydrogen) atoms. The Kier molecular flexibility index (Phi) is 4.75. The van der Waals surface area contributed by atoms with E-state index in [-0.39, 0.29) is 5.60 Å². The molecule has 2 aliphatic rings. The number of ether oxygens (including phenoxy) is 2. The van der Waals surface area contributed by atoms with E-state index in [2.05, 4.69) is 69.3 Å². The molecule has 2 heteroatoms. The maximum atomic E-state index is 6.55. The van der Waals surface area contributed by atoms with E-state index >= 15 is 0 Å². The minimum absolute atomic E-state index is 0.155. The monoisotopic (exact) mass is 362 g/mol. The van der Waals surface area contributed by atoms with Crippen LogP contribution in [0.25, 0.3) is 0 Å². The molecule has 1 aliphatic heterocycles. The Bertz CT molecular complexity index is 848. The fourth-order valence-electron chi connectivity index (χ4n) is 4.81. The third kappa shape index (κ3) is 3.50. The third-order valence-corrected chi connectivity index (χ3v) is 6.28. The lowest BCUT2D eigenvalue weighted by Crippen LogP contribution is -2.45. The molecule has 142 valence electrons. The Morgan fingerprint density at radius 3 is 2.56 bits per heavy atom. The van der Waals surface area contributed by atoms with Crippen molar-refractivity contribution in [3.05, 3.63) is 70.8 Å². The molecule has 4 rings (SSSR count). The molecule has 0 saturated carbocycles. The SMILES string of the molecule is COc1cc(CCc2ccccc2)cc2c1C1C=C(C)CCC1C(C)(C)O2. The highest BCUT2D eigenvalue weighted by Crippen LogP contribution is 2.53. The summed E-state index contributed by atoms with van der Waals surface area (Å²) in [5.41, 5.74) is 5.21. The summed E-state index contributed by atoms with van der Waals surface area (Å²) in [6, 6.07) is 15.1. The zero-order valence-electron chi connectivity index (χ0n) is 16.9. The van der Waals surface area contributed by atoms with Gasteiger partial charge in [-0.25, -0.2) is 0 Å². The Morgan fingerprint density at radius 2 is 1.81 bits per heavy atom. The average Bonchev–Trinajstić information content (AvgIpc) is 2.65. The van der Waals surface area contributed by atoms with E-state index in [0.29, 0.717) is 11.8 Å². The van der Waals surface area contributed by atoms with Gasteiger partial charge in [-0.1, -0.05) is 42.0 Å². The summed E-state index contributed by atoms with van der Waals surface area (Å²) in [6.45, 7) is 6.73. The minimum Gasteiger partial charge on any atom is -0.496 e. The van der Waals surface area contributed by atoms with E-state index < -0.39 is 0 Å². The summed E-state index contributed by atoms with van der Waals surface area (Å²) >= 11 is 0. The van der Waals surface area contributed by atoms with E-state index in [1.807, 2.05) is 0 Å². The number of hydrogen-bond donors (Lipinski definition) is 0. The molecule has 0 aromatic heterocycles. The molecule has 2 aromatic rings. The van der Waals surface area contributed by atoms with Crippen LogP contribution < -0.4 is 9.47 Å². The van der Waals surface area contributed by atoms with Crippen molar-refractivity contribution < 1.29 is 9.47 Å². The van der Waals surface area contributed by atoms with Crippen molar-refractivity contribution in [2.75, 3.05) is 7.11 Å². The van der Waals surface area contributed by atoms with Crippen LogP contribution in [0.1, 0.15) is 56.2 Å². The van der Waals surface area contributed by atoms with Gasteiger partial charge in [0.15, 0.2) is 0 Å². The van der Waals surface area contributed by atoms with Crippen LogP contribution in [0, 0.1) is 5.92 Å². The second-order valence-corrected chi connectivity index (χ2v) is 8.58. The van der Waals surface area contributed by atoms with Crippen LogP contribution in [0.2, 0.25) is 0 Å². The smallest absolute Gasteiger partial charge is 0.127 e. The van der Waals surface area contributed by atoms with Crippen LogP contribution in [0.4, 0.5) is 0 Å². The lowest BCUT2D eigenvalue weighted by Gasteiger charge is -2.46. The summed E-state index contributed by atoms with van der Waals surface area (Å²) < 4.78 is 12.4. The molecule has 0 radical (unpaired) electrons. The number of rotatable bonds is 4. The summed E-state index contributed by atoms with van der Waals surface area (Å²) in [5.74, 6) is 2.87. The van der Waals surface area contributed by atoms with Gasteiger partial charge in [-0.05, 0) is 69.7 Å². The fraction of sp³-hybridized carbons (Fsp3) is 0.440. The maximum Gasteiger partial charge on any atom is 0.127 e. The molecule has 2 aromatic carbocycles. The van der Waals surface area contributed by atoms with E-state index in [0.717, 1.165) is 24.3 Å². The molecule has 2 nitrogen and oxygen atoms in total. The fourth-order valence-corrected chi connectivity index (χ4v) is 4.81. The molecule has 0 saturated heterocycles. The molecule has 1 heterocycles. The standard InChI is InChI=1S/C25H30O2/c1-17-10-13-21-20(14-17)24-22(26-4)15-19(16-23(24)27-25(21,2)3)12-11-18-8-6-5-7-9-18/h5-9,14-16,20-21H,10-13H2,1-4H3. The second-order valence-electron chi connectivity index (χ2n) is 8.58. The number of allylic oxidation sites excluding steroid dienone is 2. The molecule has 0 spiro atoms. The van der Waals surface area contributed by atoms with Gasteiger partial charge in [-0.2, -0.15) is 0 Å². The number of benzene rings is 2. The predicted molar refractivity (Wildman–Crippen MR) is 111 cm³/mol. The molecule has 0 amide bonds. The van der Waals surface area contributed by atoms with Gasteiger partial charge in [0, 0.05) is 17.4 Å². The van der Waals surface area contributed by atoms with Gasteiger partial charge in [0.1, 0.15) is 17.1 Å². The van der Waals surface area contributed by atoms with Crippen molar-refractivity contribution >= 4 is 0 Å². The minimum atomic E-state index is -0.155. The zero-order chi connectivity index (χ0) is 19.0. The normalized spacial score (nSPS) is 22.9. The highest BCUT2D eigenvalue weighted by atomic mass is 16.5. The van der Waals surface area contributed by atoms with Crippen molar-refractivity contribution in [1.29, 1.82) is 0 Å². The zero-order valence-corrected chi connectivity index (χ0v) is 16.9. The van der Waals surface area contributed by atoms with Crippen LogP contribution in [-0.2, 0) is 12.8 Å². The summed E-state index contributed by atoms with van der Waals surface area (Å²) in [6.07, 6.45) is 6.81. The predicted octanol–water partition coefficient (Wildman–Crippen LogP) is 6.09. The van der Waals surface area contributed by atoms with Crippen molar-refractivity contribution in [3.8, 4) is 11.5 Å². The van der Waals surface area contributed by atoms with Crippen molar-refractivity contribution in [1.82, 2.24) is 0 Å². The van der Waals surface area contributed by atoms with Gasteiger partial charge in [0.2, 0.25) is 0 Å². The van der Waals surface area contributed by atoms with Crippen LogP contribution >= 0.6 is 0 Å². The van der Waals surface area contributed by atoms with Gasteiger partial charge >= 0.3 is 0 Å². The first kappa shape index (κ1) is 18.2. The van der Waals surface area contributed by atoms with Gasteiger partial charge in [-0.3, -0.25) is 0 Å². The molecule has 0 fully saturated rings. The summed E-state index contributed by atoms with van der Waals surface area (Å²) in [7, 11) is 1.78. The van der Waals surface area contributed by atoms with Gasteiger partial charge in [0.25, 0.3) is 0 Å². The maximum absolute atomic E-state index is 6.55. The Hall–Kier alpha value is -2.22. The number of fused-ring (bicyclic) bond motifs is 3. The Labute approximate surface area is 163 Å². The van der Waals surface area contributed by atoms with Crippen molar-refractivity contribution in [2.45, 2.75) is 58.0 Å². The Balaban J connectivity index is 1.70. The van der Waals surface area contributed by atoms with Crippen molar-refractivity contribution in [3.63, 3.8) is 0 Å². The largest absolute Gasteiger partial charge is 0.496 e. The van der Waals surface area contributed by atoms with Crippen LogP contribution in [0.3, 0.4) is 0 Å². The first-order valence-corrected chi connectivity index (χ1v) is 10.1. The second kappa shape index (κ2) is 7.07. The van der Waals surface area contributed by atoms with Gasteiger partial charge in [-0.15, -0.1) is 0 Å². The molecule has 1 aliphatic carbocycles. The molecule has 0 bridgehead atoms. The number of methoxy groups -OCH3 is 1. The quantitative estimate of drug-likeness (QED) is 0.613. The first-order chi connectivity index (χ1) is 13.0. The Morgan fingerprint density at radius 1 is 1.07 bits per heavy atom. The number of hydrogen-bond acceptors (Lipinski definition) is 2. The van der Waals surface area contributed by atoms with E-state index in [1.54, 1.807) is 7.11 Å². The highest BCUT2D eigenvalue weighted by molar-refractivity contribution is 5.54. The van der Waals surface area contributed by atoms with E-state index in [4.69, 9.17) is 9.47 Å². The first-order valence-electron chi connectivity index (χ1n) is 10.1. The van der Waals surface area contributed by atoms with E-state index in [1.165, 1.54) is 35.1 Å². The molecule has 2 atom stereocenters. The summed E-state index contributed by atoms with van der Waals surface area (Å²) in [5, 5.41) is 0. The van der Waals surface area contributed by atoms with Crippen LogP contribution in [-0.4, -0.2) is 12.7 Å². The topological polar surface area (TPSA) is 18.5 Å². The molecular weight excluding hydrogens is 332 g/mol. The number of aryl methyl sites for hydroxylation is 2. The summed E-state index contributed by atoms with van der Waals surface area (Å²) in [4.78, 5) is 0. The average molecular weight is 363 g/mol. The van der Waals surface area contributed by atoms with Crippen LogP contribution in [0.15, 0.2) is 54.1 Å². The van der Waals surface area contributed by atoms with Gasteiger partial charge in [0.05, 0.1) is 7.11 Å². The lowest BCUT2D eigenvalue weighted by molar-refractivity contribution is 0.0107. The molecular formula is C25H30O2. The van der Waals surface area contributed by atoms with Gasteiger partial charge < -0.3 is 9.47 Å². The molecule has 0 N–H and O–H groups in total. The third-order valence-electron chi connectivity index (χ3n) is 6.28. The molecule has 2 unspecified atom stereocenters.